The van der Waals surface area contributed by atoms with Crippen molar-refractivity contribution in [2.75, 3.05) is 6.54 Å². The van der Waals surface area contributed by atoms with Crippen LogP contribution in [0.2, 0.25) is 0 Å². The van der Waals surface area contributed by atoms with Crippen LogP contribution >= 0.6 is 11.8 Å². The number of aromatic nitrogens is 2. The van der Waals surface area contributed by atoms with E-state index in [0.29, 0.717) is 5.25 Å². The summed E-state index contributed by atoms with van der Waals surface area (Å²) in [6.07, 6.45) is 8.34. The SMILES string of the molecule is CCCNC1(C(N)=O)CCCC(Sc2ncc[nH]2)C1. The maximum Gasteiger partial charge on any atom is 0.237 e. The Balaban J connectivity index is 2.02. The van der Waals surface area contributed by atoms with Crippen LogP contribution in [0.1, 0.15) is 39.0 Å². The molecule has 0 radical (unpaired) electrons. The summed E-state index contributed by atoms with van der Waals surface area (Å²) >= 11 is 1.71. The van der Waals surface area contributed by atoms with Crippen molar-refractivity contribution in [1.29, 1.82) is 0 Å². The Morgan fingerprint density at radius 2 is 2.58 bits per heavy atom. The number of amides is 1. The number of nitrogens with zero attached hydrogens (tertiary/aromatic N) is 1. The zero-order valence-electron chi connectivity index (χ0n) is 11.3. The number of primary amides is 1. The van der Waals surface area contributed by atoms with Gasteiger partial charge in [0.2, 0.25) is 5.91 Å². The van der Waals surface area contributed by atoms with Gasteiger partial charge in [0, 0.05) is 17.6 Å². The van der Waals surface area contributed by atoms with Crippen molar-refractivity contribution in [3.8, 4) is 0 Å². The highest BCUT2D eigenvalue weighted by atomic mass is 32.2. The minimum Gasteiger partial charge on any atom is -0.368 e. The first-order chi connectivity index (χ1) is 9.16. The molecule has 1 aromatic heterocycles. The standard InChI is InChI=1S/C13H22N4OS/c1-2-6-17-13(11(14)18)5-3-4-10(9-13)19-12-15-7-8-16-12/h7-8,10,17H,2-6,9H2,1H3,(H2,14,18)(H,15,16). The van der Waals surface area contributed by atoms with E-state index in [9.17, 15) is 4.79 Å². The van der Waals surface area contributed by atoms with E-state index in [1.807, 2.05) is 6.20 Å². The van der Waals surface area contributed by atoms with Crippen molar-refractivity contribution in [3.05, 3.63) is 12.4 Å². The normalized spacial score (nSPS) is 27.3. The number of nitrogens with two attached hydrogens (primary N) is 1. The van der Waals surface area contributed by atoms with E-state index in [2.05, 4.69) is 22.2 Å². The fraction of sp³-hybridized carbons (Fsp3) is 0.692. The molecule has 1 aromatic rings. The fourth-order valence-corrected chi connectivity index (χ4v) is 3.86. The highest BCUT2D eigenvalue weighted by Gasteiger charge is 2.41. The smallest absolute Gasteiger partial charge is 0.237 e. The lowest BCUT2D eigenvalue weighted by Crippen LogP contribution is -2.58. The molecule has 2 unspecified atom stereocenters. The second-order valence-electron chi connectivity index (χ2n) is 5.10. The van der Waals surface area contributed by atoms with Gasteiger partial charge in [-0.2, -0.15) is 0 Å². The number of aromatic amines is 1. The first kappa shape index (κ1) is 14.4. The third kappa shape index (κ3) is 3.51. The molecule has 4 N–H and O–H groups in total. The molecule has 0 aliphatic heterocycles. The van der Waals surface area contributed by atoms with Gasteiger partial charge in [-0.1, -0.05) is 18.7 Å². The number of imidazole rings is 1. The molecule has 1 saturated carbocycles. The Bertz CT molecular complexity index is 409. The molecule has 1 aliphatic rings. The molecule has 0 saturated heterocycles. The Morgan fingerprint density at radius 1 is 1.74 bits per heavy atom. The Hall–Kier alpha value is -1.01. The number of thioether (sulfide) groups is 1. The lowest BCUT2D eigenvalue weighted by Gasteiger charge is -2.38. The van der Waals surface area contributed by atoms with Gasteiger partial charge in [-0.15, -0.1) is 0 Å². The van der Waals surface area contributed by atoms with Crippen molar-refractivity contribution in [2.24, 2.45) is 5.73 Å². The Kier molecular flexibility index (Phi) is 4.87. The molecule has 106 valence electrons. The molecule has 2 atom stereocenters. The van der Waals surface area contributed by atoms with Gasteiger partial charge in [0.15, 0.2) is 5.16 Å². The molecule has 2 rings (SSSR count). The predicted molar refractivity (Wildman–Crippen MR) is 76.9 cm³/mol. The van der Waals surface area contributed by atoms with E-state index in [-0.39, 0.29) is 5.91 Å². The molecular weight excluding hydrogens is 260 g/mol. The highest BCUT2D eigenvalue weighted by Crippen LogP contribution is 2.37. The van der Waals surface area contributed by atoms with Gasteiger partial charge >= 0.3 is 0 Å². The number of carbonyl (C=O) groups is 1. The third-order valence-corrected chi connectivity index (χ3v) is 4.82. The Morgan fingerprint density at radius 3 is 3.21 bits per heavy atom. The molecule has 0 bridgehead atoms. The van der Waals surface area contributed by atoms with Crippen molar-refractivity contribution in [3.63, 3.8) is 0 Å². The molecule has 6 heteroatoms. The molecule has 1 aliphatic carbocycles. The number of hydrogen-bond donors (Lipinski definition) is 3. The van der Waals surface area contributed by atoms with Crippen LogP contribution in [0.15, 0.2) is 17.6 Å². The van der Waals surface area contributed by atoms with Gasteiger partial charge in [-0.3, -0.25) is 4.79 Å². The van der Waals surface area contributed by atoms with Gasteiger partial charge in [0.1, 0.15) is 0 Å². The van der Waals surface area contributed by atoms with Gasteiger partial charge in [-0.05, 0) is 38.6 Å². The Labute approximate surface area is 118 Å². The van der Waals surface area contributed by atoms with E-state index in [1.165, 1.54) is 0 Å². The van der Waals surface area contributed by atoms with Gasteiger partial charge in [0.05, 0.1) is 5.54 Å². The molecular formula is C13H22N4OS. The van der Waals surface area contributed by atoms with Gasteiger partial charge in [-0.25, -0.2) is 4.98 Å². The first-order valence-electron chi connectivity index (χ1n) is 6.87. The monoisotopic (exact) mass is 282 g/mol. The van der Waals surface area contributed by atoms with Crippen LogP contribution in [0, 0.1) is 0 Å². The van der Waals surface area contributed by atoms with Crippen LogP contribution in [-0.4, -0.2) is 33.2 Å². The number of hydrogen-bond acceptors (Lipinski definition) is 4. The van der Waals surface area contributed by atoms with Crippen LogP contribution < -0.4 is 11.1 Å². The van der Waals surface area contributed by atoms with E-state index in [1.54, 1.807) is 18.0 Å². The summed E-state index contributed by atoms with van der Waals surface area (Å²) in [6.45, 7) is 2.93. The fourth-order valence-electron chi connectivity index (χ4n) is 2.63. The topological polar surface area (TPSA) is 83.8 Å². The molecule has 19 heavy (non-hydrogen) atoms. The van der Waals surface area contributed by atoms with Crippen molar-refractivity contribution in [2.45, 2.75) is 55.0 Å². The number of rotatable bonds is 6. The quantitative estimate of drug-likeness (QED) is 0.741. The molecule has 1 fully saturated rings. The summed E-state index contributed by atoms with van der Waals surface area (Å²) in [5.41, 5.74) is 5.12. The maximum atomic E-state index is 11.9. The zero-order valence-corrected chi connectivity index (χ0v) is 12.1. The second kappa shape index (κ2) is 6.43. The molecule has 1 amide bonds. The zero-order chi connectivity index (χ0) is 13.7. The second-order valence-corrected chi connectivity index (χ2v) is 6.39. The molecule has 5 nitrogen and oxygen atoms in total. The van der Waals surface area contributed by atoms with Crippen molar-refractivity contribution in [1.82, 2.24) is 15.3 Å². The van der Waals surface area contributed by atoms with Crippen LogP contribution in [-0.2, 0) is 4.79 Å². The predicted octanol–water partition coefficient (Wildman–Crippen LogP) is 1.67. The lowest BCUT2D eigenvalue weighted by molar-refractivity contribution is -0.125. The summed E-state index contributed by atoms with van der Waals surface area (Å²) in [4.78, 5) is 19.2. The number of nitrogens with one attached hydrogen (secondary N) is 2. The summed E-state index contributed by atoms with van der Waals surface area (Å²) in [5, 5.41) is 4.68. The third-order valence-electron chi connectivity index (χ3n) is 3.64. The minimum absolute atomic E-state index is 0.217. The van der Waals surface area contributed by atoms with Crippen molar-refractivity contribution >= 4 is 17.7 Å². The van der Waals surface area contributed by atoms with E-state index >= 15 is 0 Å². The van der Waals surface area contributed by atoms with Crippen LogP contribution in [0.25, 0.3) is 0 Å². The van der Waals surface area contributed by atoms with Crippen LogP contribution in [0.3, 0.4) is 0 Å². The van der Waals surface area contributed by atoms with E-state index in [4.69, 9.17) is 5.73 Å². The van der Waals surface area contributed by atoms with Gasteiger partial charge in [0.25, 0.3) is 0 Å². The number of H-pyrrole nitrogens is 1. The van der Waals surface area contributed by atoms with Crippen molar-refractivity contribution < 1.29 is 4.79 Å². The summed E-state index contributed by atoms with van der Waals surface area (Å²) in [5.74, 6) is -0.217. The number of carbonyl (C=O) groups excluding carboxylic acids is 1. The highest BCUT2D eigenvalue weighted by molar-refractivity contribution is 7.99. The lowest BCUT2D eigenvalue weighted by atomic mass is 9.80. The summed E-state index contributed by atoms with van der Waals surface area (Å²) in [7, 11) is 0. The van der Waals surface area contributed by atoms with Gasteiger partial charge < -0.3 is 16.0 Å². The minimum atomic E-state index is -0.529. The average Bonchev–Trinajstić information content (AvgIpc) is 2.89. The maximum absolute atomic E-state index is 11.9. The summed E-state index contributed by atoms with van der Waals surface area (Å²) < 4.78 is 0. The van der Waals surface area contributed by atoms with Crippen LogP contribution in [0.5, 0.6) is 0 Å². The van der Waals surface area contributed by atoms with E-state index in [0.717, 1.165) is 43.8 Å². The molecule has 0 spiro atoms. The molecule has 0 aromatic carbocycles. The average molecular weight is 282 g/mol. The largest absolute Gasteiger partial charge is 0.368 e. The first-order valence-corrected chi connectivity index (χ1v) is 7.75. The summed E-state index contributed by atoms with van der Waals surface area (Å²) in [6, 6.07) is 0. The van der Waals surface area contributed by atoms with Crippen LogP contribution in [0.4, 0.5) is 0 Å². The van der Waals surface area contributed by atoms with E-state index < -0.39 is 5.54 Å². The molecule has 1 heterocycles.